The van der Waals surface area contributed by atoms with Gasteiger partial charge in [-0.2, -0.15) is 5.10 Å². The zero-order valence-electron chi connectivity index (χ0n) is 16.2. The third-order valence-electron chi connectivity index (χ3n) is 4.76. The maximum atomic E-state index is 12.6. The lowest BCUT2D eigenvalue weighted by Gasteiger charge is -2.09. The molecule has 29 heavy (non-hydrogen) atoms. The van der Waals surface area contributed by atoms with E-state index in [1.807, 2.05) is 96.8 Å². The molecule has 1 amide bonds. The van der Waals surface area contributed by atoms with Gasteiger partial charge in [0.15, 0.2) is 0 Å². The van der Waals surface area contributed by atoms with Crippen molar-refractivity contribution in [3.05, 3.63) is 102 Å². The number of aryl methyl sites for hydroxylation is 1. The molecule has 0 radical (unpaired) electrons. The van der Waals surface area contributed by atoms with E-state index in [9.17, 15) is 4.79 Å². The summed E-state index contributed by atoms with van der Waals surface area (Å²) in [5, 5.41) is 7.37. The van der Waals surface area contributed by atoms with Gasteiger partial charge >= 0.3 is 0 Å². The first kappa shape index (κ1) is 18.6. The van der Waals surface area contributed by atoms with Crippen LogP contribution >= 0.6 is 0 Å². The molecule has 0 aliphatic heterocycles. The van der Waals surface area contributed by atoms with Gasteiger partial charge in [-0.15, -0.1) is 0 Å². The van der Waals surface area contributed by atoms with Gasteiger partial charge in [0.2, 0.25) is 0 Å². The van der Waals surface area contributed by atoms with Gasteiger partial charge in [-0.05, 0) is 43.2 Å². The number of rotatable bonds is 6. The zero-order chi connectivity index (χ0) is 20.1. The number of nitrogens with one attached hydrogen (secondary N) is 1. The summed E-state index contributed by atoms with van der Waals surface area (Å²) in [5.41, 5.74) is 5.32. The van der Waals surface area contributed by atoms with Crippen molar-refractivity contribution in [1.82, 2.24) is 20.1 Å². The van der Waals surface area contributed by atoms with Crippen molar-refractivity contribution >= 4 is 5.91 Å². The largest absolute Gasteiger partial charge is 0.352 e. The molecule has 4 aromatic rings. The smallest absolute Gasteiger partial charge is 0.253 e. The monoisotopic (exact) mass is 382 g/mol. The molecule has 4 rings (SSSR count). The summed E-state index contributed by atoms with van der Waals surface area (Å²) < 4.78 is 1.84. The fraction of sp³-hybridized carbons (Fsp3) is 0.125. The van der Waals surface area contributed by atoms with E-state index in [4.69, 9.17) is 0 Å². The number of para-hydroxylation sites is 1. The fourth-order valence-electron chi connectivity index (χ4n) is 3.20. The first-order valence-corrected chi connectivity index (χ1v) is 9.61. The number of hydrogen-bond donors (Lipinski definition) is 1. The van der Waals surface area contributed by atoms with Crippen molar-refractivity contribution in [3.63, 3.8) is 0 Å². The number of benzene rings is 2. The molecule has 0 bridgehead atoms. The molecule has 2 aromatic carbocycles. The second-order valence-electron chi connectivity index (χ2n) is 6.83. The Balaban J connectivity index is 1.36. The first-order valence-electron chi connectivity index (χ1n) is 9.61. The predicted molar refractivity (Wildman–Crippen MR) is 114 cm³/mol. The van der Waals surface area contributed by atoms with Crippen LogP contribution in [-0.2, 0) is 6.42 Å². The van der Waals surface area contributed by atoms with E-state index in [1.54, 1.807) is 0 Å². The highest BCUT2D eigenvalue weighted by molar-refractivity contribution is 5.95. The molecule has 1 N–H and O–H groups in total. The van der Waals surface area contributed by atoms with E-state index >= 15 is 0 Å². The Morgan fingerprint density at radius 1 is 0.966 bits per heavy atom. The van der Waals surface area contributed by atoms with Gasteiger partial charge in [0, 0.05) is 18.3 Å². The van der Waals surface area contributed by atoms with Gasteiger partial charge in [0.25, 0.3) is 5.91 Å². The van der Waals surface area contributed by atoms with Crippen molar-refractivity contribution in [2.75, 3.05) is 6.54 Å². The van der Waals surface area contributed by atoms with E-state index in [2.05, 4.69) is 15.4 Å². The Bertz CT molecular complexity index is 1100. The van der Waals surface area contributed by atoms with Gasteiger partial charge in [-0.25, -0.2) is 4.68 Å². The summed E-state index contributed by atoms with van der Waals surface area (Å²) in [6.45, 7) is 2.41. The Hall–Kier alpha value is -3.73. The van der Waals surface area contributed by atoms with Gasteiger partial charge in [-0.3, -0.25) is 9.78 Å². The molecule has 5 heteroatoms. The topological polar surface area (TPSA) is 59.8 Å². The molecule has 0 spiro atoms. The number of carbonyl (C=O) groups excluding carboxylic acids is 1. The SMILES string of the molecule is Cc1nc(-c2ccccc2)ccc1C(=O)NCCc1cnn(-c2ccccc2)c1. The molecule has 0 unspecified atom stereocenters. The van der Waals surface area contributed by atoms with E-state index in [1.165, 1.54) is 0 Å². The molecule has 0 saturated heterocycles. The molecule has 0 saturated carbocycles. The van der Waals surface area contributed by atoms with Crippen LogP contribution in [-0.4, -0.2) is 27.2 Å². The summed E-state index contributed by atoms with van der Waals surface area (Å²) in [5.74, 6) is -0.106. The lowest BCUT2D eigenvalue weighted by Crippen LogP contribution is -2.26. The second kappa shape index (κ2) is 8.52. The highest BCUT2D eigenvalue weighted by Crippen LogP contribution is 2.18. The highest BCUT2D eigenvalue weighted by atomic mass is 16.1. The lowest BCUT2D eigenvalue weighted by atomic mass is 10.1. The third kappa shape index (κ3) is 4.41. The predicted octanol–water partition coefficient (Wildman–Crippen LogP) is 4.22. The maximum Gasteiger partial charge on any atom is 0.253 e. The molecule has 0 atom stereocenters. The van der Waals surface area contributed by atoms with Crippen molar-refractivity contribution in [2.24, 2.45) is 0 Å². The summed E-state index contributed by atoms with van der Waals surface area (Å²) in [6, 6.07) is 23.6. The van der Waals surface area contributed by atoms with E-state index in [-0.39, 0.29) is 5.91 Å². The molecule has 0 fully saturated rings. The van der Waals surface area contributed by atoms with Crippen LogP contribution in [0.2, 0.25) is 0 Å². The van der Waals surface area contributed by atoms with Gasteiger partial charge in [0.1, 0.15) is 0 Å². The lowest BCUT2D eigenvalue weighted by molar-refractivity contribution is 0.0953. The molecular formula is C24H22N4O. The van der Waals surface area contributed by atoms with E-state index < -0.39 is 0 Å². The van der Waals surface area contributed by atoms with Crippen molar-refractivity contribution in [2.45, 2.75) is 13.3 Å². The summed E-state index contributed by atoms with van der Waals surface area (Å²) in [4.78, 5) is 17.2. The molecular weight excluding hydrogens is 360 g/mol. The summed E-state index contributed by atoms with van der Waals surface area (Å²) in [7, 11) is 0. The van der Waals surface area contributed by atoms with Crippen molar-refractivity contribution in [1.29, 1.82) is 0 Å². The van der Waals surface area contributed by atoms with Crippen molar-refractivity contribution in [3.8, 4) is 16.9 Å². The molecule has 0 aliphatic carbocycles. The molecule has 144 valence electrons. The van der Waals surface area contributed by atoms with Crippen LogP contribution in [0.25, 0.3) is 16.9 Å². The van der Waals surface area contributed by atoms with Gasteiger partial charge in [0.05, 0.1) is 28.8 Å². The Morgan fingerprint density at radius 2 is 1.69 bits per heavy atom. The summed E-state index contributed by atoms with van der Waals surface area (Å²) in [6.07, 6.45) is 4.54. The Labute approximate surface area is 170 Å². The van der Waals surface area contributed by atoms with E-state index in [0.29, 0.717) is 18.5 Å². The Kier molecular flexibility index (Phi) is 5.47. The number of pyridine rings is 1. The minimum atomic E-state index is -0.106. The number of aromatic nitrogens is 3. The van der Waals surface area contributed by atoms with Crippen LogP contribution < -0.4 is 5.32 Å². The van der Waals surface area contributed by atoms with Crippen LogP contribution in [0.3, 0.4) is 0 Å². The van der Waals surface area contributed by atoms with Crippen molar-refractivity contribution < 1.29 is 4.79 Å². The quantitative estimate of drug-likeness (QED) is 0.543. The van der Waals surface area contributed by atoms with Gasteiger partial charge < -0.3 is 5.32 Å². The molecule has 2 heterocycles. The third-order valence-corrected chi connectivity index (χ3v) is 4.76. The number of hydrogen-bond acceptors (Lipinski definition) is 3. The number of amides is 1. The zero-order valence-corrected chi connectivity index (χ0v) is 16.2. The standard InChI is InChI=1S/C24H22N4O/c1-18-22(12-13-23(27-18)20-8-4-2-5-9-20)24(29)25-15-14-19-16-26-28(17-19)21-10-6-3-7-11-21/h2-13,16-17H,14-15H2,1H3,(H,25,29). The summed E-state index contributed by atoms with van der Waals surface area (Å²) >= 11 is 0. The number of carbonyl (C=O) groups is 1. The van der Waals surface area contributed by atoms with Crippen LogP contribution in [0.4, 0.5) is 0 Å². The van der Waals surface area contributed by atoms with Crippen LogP contribution in [0.5, 0.6) is 0 Å². The highest BCUT2D eigenvalue weighted by Gasteiger charge is 2.11. The second-order valence-corrected chi connectivity index (χ2v) is 6.83. The molecule has 2 aromatic heterocycles. The molecule has 5 nitrogen and oxygen atoms in total. The molecule has 0 aliphatic rings. The first-order chi connectivity index (χ1) is 14.2. The Morgan fingerprint density at radius 3 is 2.41 bits per heavy atom. The number of nitrogens with zero attached hydrogens (tertiary/aromatic N) is 3. The van der Waals surface area contributed by atoms with Crippen LogP contribution in [0.15, 0.2) is 85.2 Å². The normalized spacial score (nSPS) is 10.7. The average molecular weight is 382 g/mol. The van der Waals surface area contributed by atoms with Gasteiger partial charge in [-0.1, -0.05) is 48.5 Å². The minimum absolute atomic E-state index is 0.106. The maximum absolute atomic E-state index is 12.6. The van der Waals surface area contributed by atoms with Crippen LogP contribution in [0.1, 0.15) is 21.6 Å². The van der Waals surface area contributed by atoms with Crippen LogP contribution in [0, 0.1) is 6.92 Å². The van der Waals surface area contributed by atoms with E-state index in [0.717, 1.165) is 28.2 Å². The fourth-order valence-corrected chi connectivity index (χ4v) is 3.20. The minimum Gasteiger partial charge on any atom is -0.352 e. The average Bonchev–Trinajstić information content (AvgIpc) is 3.24.